The molecule has 4 nitrogen and oxygen atoms in total. The van der Waals surface area contributed by atoms with E-state index in [1.54, 1.807) is 6.92 Å². The maximum atomic E-state index is 10.8. The minimum absolute atomic E-state index is 0.161. The Labute approximate surface area is 98.8 Å². The van der Waals surface area contributed by atoms with E-state index >= 15 is 0 Å². The fraction of sp³-hybridized carbons (Fsp3) is 0.917. The summed E-state index contributed by atoms with van der Waals surface area (Å²) in [5.74, 6) is -0.926. The van der Waals surface area contributed by atoms with E-state index in [4.69, 9.17) is 10.8 Å². The minimum atomic E-state index is -1.10. The summed E-state index contributed by atoms with van der Waals surface area (Å²) in [6.45, 7) is 8.97. The highest BCUT2D eigenvalue weighted by molar-refractivity contribution is 5.77. The molecule has 1 unspecified atom stereocenters. The van der Waals surface area contributed by atoms with Gasteiger partial charge in [-0.25, -0.2) is 0 Å². The molecule has 0 amide bonds. The van der Waals surface area contributed by atoms with E-state index in [0.717, 1.165) is 19.4 Å². The van der Waals surface area contributed by atoms with Gasteiger partial charge in [0.25, 0.3) is 0 Å². The molecule has 0 aliphatic rings. The number of rotatable bonds is 7. The lowest BCUT2D eigenvalue weighted by Gasteiger charge is -2.35. The van der Waals surface area contributed by atoms with Gasteiger partial charge < -0.3 is 15.7 Å². The van der Waals surface area contributed by atoms with Crippen LogP contribution in [0.15, 0.2) is 0 Å². The number of nitrogens with zero attached hydrogens (tertiary/aromatic N) is 1. The van der Waals surface area contributed by atoms with Crippen molar-refractivity contribution in [2.75, 3.05) is 13.6 Å². The Morgan fingerprint density at radius 2 is 1.88 bits per heavy atom. The first-order valence-electron chi connectivity index (χ1n) is 5.87. The number of carboxylic acid groups (broad SMARTS) is 1. The van der Waals surface area contributed by atoms with Crippen molar-refractivity contribution < 1.29 is 9.90 Å². The van der Waals surface area contributed by atoms with Gasteiger partial charge in [-0.15, -0.1) is 0 Å². The summed E-state index contributed by atoms with van der Waals surface area (Å²) in [7, 11) is 2.07. The molecule has 1 atom stereocenters. The van der Waals surface area contributed by atoms with Crippen LogP contribution in [0, 0.1) is 0 Å². The molecule has 0 saturated heterocycles. The second-order valence-electron chi connectivity index (χ2n) is 5.41. The second-order valence-corrected chi connectivity index (χ2v) is 5.41. The summed E-state index contributed by atoms with van der Waals surface area (Å²) in [6.07, 6.45) is 2.38. The molecule has 0 aromatic carbocycles. The molecule has 0 spiro atoms. The molecule has 0 radical (unpaired) electrons. The van der Waals surface area contributed by atoms with Crippen molar-refractivity contribution in [3.8, 4) is 0 Å². The molecule has 0 heterocycles. The van der Waals surface area contributed by atoms with Crippen molar-refractivity contribution in [3.05, 3.63) is 0 Å². The second kappa shape index (κ2) is 5.64. The lowest BCUT2D eigenvalue weighted by atomic mass is 9.95. The third-order valence-electron chi connectivity index (χ3n) is 3.58. The fourth-order valence-electron chi connectivity index (χ4n) is 1.36. The Morgan fingerprint density at radius 3 is 2.25 bits per heavy atom. The highest BCUT2D eigenvalue weighted by Gasteiger charge is 2.28. The summed E-state index contributed by atoms with van der Waals surface area (Å²) in [4.78, 5) is 13.1. The molecule has 16 heavy (non-hydrogen) atoms. The van der Waals surface area contributed by atoms with E-state index in [9.17, 15) is 4.79 Å². The smallest absolute Gasteiger partial charge is 0.323 e. The summed E-state index contributed by atoms with van der Waals surface area (Å²) < 4.78 is 0. The third-order valence-corrected chi connectivity index (χ3v) is 3.58. The van der Waals surface area contributed by atoms with Crippen LogP contribution in [0.2, 0.25) is 0 Å². The third kappa shape index (κ3) is 4.49. The maximum absolute atomic E-state index is 10.8. The van der Waals surface area contributed by atoms with Crippen molar-refractivity contribution in [1.82, 2.24) is 4.90 Å². The van der Waals surface area contributed by atoms with Gasteiger partial charge in [0, 0.05) is 5.54 Å². The van der Waals surface area contributed by atoms with Crippen molar-refractivity contribution in [3.63, 3.8) is 0 Å². The van der Waals surface area contributed by atoms with Crippen molar-refractivity contribution in [2.45, 2.75) is 58.0 Å². The maximum Gasteiger partial charge on any atom is 0.323 e. The van der Waals surface area contributed by atoms with Crippen LogP contribution in [0.5, 0.6) is 0 Å². The van der Waals surface area contributed by atoms with Gasteiger partial charge in [-0.1, -0.05) is 6.92 Å². The van der Waals surface area contributed by atoms with Gasteiger partial charge >= 0.3 is 5.97 Å². The molecular formula is C12H26N2O2. The van der Waals surface area contributed by atoms with Crippen molar-refractivity contribution in [1.29, 1.82) is 0 Å². The van der Waals surface area contributed by atoms with Gasteiger partial charge in [0.05, 0.1) is 0 Å². The minimum Gasteiger partial charge on any atom is -0.480 e. The van der Waals surface area contributed by atoms with Gasteiger partial charge in [0.1, 0.15) is 5.54 Å². The number of aliphatic carboxylic acids is 1. The largest absolute Gasteiger partial charge is 0.480 e. The van der Waals surface area contributed by atoms with E-state index in [1.807, 2.05) is 0 Å². The van der Waals surface area contributed by atoms with Crippen LogP contribution >= 0.6 is 0 Å². The Morgan fingerprint density at radius 1 is 1.38 bits per heavy atom. The van der Waals surface area contributed by atoms with Gasteiger partial charge in [-0.05, 0) is 53.6 Å². The van der Waals surface area contributed by atoms with Gasteiger partial charge in [-0.3, -0.25) is 4.79 Å². The lowest BCUT2D eigenvalue weighted by Crippen LogP contribution is -2.46. The Balaban J connectivity index is 4.05. The zero-order valence-corrected chi connectivity index (χ0v) is 11.2. The average Bonchev–Trinajstić information content (AvgIpc) is 2.17. The first-order chi connectivity index (χ1) is 7.13. The summed E-state index contributed by atoms with van der Waals surface area (Å²) in [5, 5.41) is 8.87. The van der Waals surface area contributed by atoms with E-state index in [-0.39, 0.29) is 5.54 Å². The Hall–Kier alpha value is -0.610. The van der Waals surface area contributed by atoms with Crippen LogP contribution < -0.4 is 5.73 Å². The van der Waals surface area contributed by atoms with Crippen LogP contribution in [-0.2, 0) is 4.79 Å². The van der Waals surface area contributed by atoms with Crippen LogP contribution in [0.25, 0.3) is 0 Å². The molecule has 0 aromatic rings. The van der Waals surface area contributed by atoms with Crippen molar-refractivity contribution >= 4 is 5.97 Å². The Bertz CT molecular complexity index is 237. The molecule has 0 bridgehead atoms. The van der Waals surface area contributed by atoms with E-state index in [0.29, 0.717) is 6.42 Å². The summed E-state index contributed by atoms with van der Waals surface area (Å²) >= 11 is 0. The highest BCUT2D eigenvalue weighted by Crippen LogP contribution is 2.18. The van der Waals surface area contributed by atoms with Gasteiger partial charge in [-0.2, -0.15) is 0 Å². The molecule has 0 aliphatic heterocycles. The standard InChI is InChI=1S/C12H26N2O2/c1-6-11(2,3)14(5)9-7-8-12(4,13)10(15)16/h6-9,13H2,1-5H3,(H,15,16). The predicted molar refractivity (Wildman–Crippen MR) is 66.5 cm³/mol. The molecular weight excluding hydrogens is 204 g/mol. The molecule has 0 saturated carbocycles. The van der Waals surface area contributed by atoms with Gasteiger partial charge in [0.2, 0.25) is 0 Å². The number of hydrogen-bond acceptors (Lipinski definition) is 3. The molecule has 0 aliphatic carbocycles. The molecule has 0 fully saturated rings. The highest BCUT2D eigenvalue weighted by atomic mass is 16.4. The quantitative estimate of drug-likeness (QED) is 0.698. The first-order valence-corrected chi connectivity index (χ1v) is 5.87. The SMILES string of the molecule is CCC(C)(C)N(C)CCCC(C)(N)C(=O)O. The van der Waals surface area contributed by atoms with Crippen molar-refractivity contribution in [2.24, 2.45) is 5.73 Å². The van der Waals surface area contributed by atoms with Crippen LogP contribution in [-0.4, -0.2) is 40.6 Å². The fourth-order valence-corrected chi connectivity index (χ4v) is 1.36. The molecule has 3 N–H and O–H groups in total. The molecule has 0 aromatic heterocycles. The number of carbonyl (C=O) groups is 1. The predicted octanol–water partition coefficient (Wildman–Crippen LogP) is 1.69. The zero-order valence-electron chi connectivity index (χ0n) is 11.2. The molecule has 4 heteroatoms. The first kappa shape index (κ1) is 15.4. The monoisotopic (exact) mass is 230 g/mol. The lowest BCUT2D eigenvalue weighted by molar-refractivity contribution is -0.143. The van der Waals surface area contributed by atoms with Crippen LogP contribution in [0.4, 0.5) is 0 Å². The summed E-state index contributed by atoms with van der Waals surface area (Å²) in [6, 6.07) is 0. The van der Waals surface area contributed by atoms with E-state index in [1.165, 1.54) is 0 Å². The summed E-state index contributed by atoms with van der Waals surface area (Å²) in [5.41, 5.74) is 4.73. The topological polar surface area (TPSA) is 66.6 Å². The zero-order chi connectivity index (χ0) is 13.0. The average molecular weight is 230 g/mol. The van der Waals surface area contributed by atoms with Gasteiger partial charge in [0.15, 0.2) is 0 Å². The van der Waals surface area contributed by atoms with Crippen LogP contribution in [0.3, 0.4) is 0 Å². The van der Waals surface area contributed by atoms with E-state index < -0.39 is 11.5 Å². The number of hydrogen-bond donors (Lipinski definition) is 2. The Kier molecular flexibility index (Phi) is 5.42. The number of carboxylic acids is 1. The normalized spacial score (nSPS) is 16.2. The van der Waals surface area contributed by atoms with Crippen LogP contribution in [0.1, 0.15) is 47.0 Å². The number of nitrogens with two attached hydrogens (primary N) is 1. The molecule has 96 valence electrons. The van der Waals surface area contributed by atoms with E-state index in [2.05, 4.69) is 32.7 Å². The molecule has 0 rings (SSSR count).